The number of hydrogen-bond acceptors (Lipinski definition) is 3. The normalized spacial score (nSPS) is 13.1. The van der Waals surface area contributed by atoms with Gasteiger partial charge < -0.3 is 9.90 Å². The highest BCUT2D eigenvalue weighted by atomic mass is 16.4. The van der Waals surface area contributed by atoms with Crippen LogP contribution in [0.15, 0.2) is 24.5 Å². The molecule has 0 fully saturated rings. The lowest BCUT2D eigenvalue weighted by Crippen LogP contribution is -2.31. The molecule has 1 rings (SSSR count). The Morgan fingerprint density at radius 3 is 2.75 bits per heavy atom. The van der Waals surface area contributed by atoms with E-state index in [1.54, 1.807) is 38.4 Å². The molecule has 0 aromatic carbocycles. The maximum Gasteiger partial charge on any atom is 0.309 e. The SMILES string of the molecule is CC(C)(C(=O)O)C(CC=O)c1cccnc1. The van der Waals surface area contributed by atoms with E-state index in [0.717, 1.165) is 11.8 Å². The number of hydrogen-bond donors (Lipinski definition) is 1. The molecule has 0 saturated heterocycles. The van der Waals surface area contributed by atoms with Gasteiger partial charge in [0, 0.05) is 24.7 Å². The monoisotopic (exact) mass is 221 g/mol. The molecule has 1 atom stereocenters. The van der Waals surface area contributed by atoms with Gasteiger partial charge in [0.15, 0.2) is 0 Å². The maximum atomic E-state index is 11.2. The number of nitrogens with zero attached hydrogens (tertiary/aromatic N) is 1. The first-order chi connectivity index (χ1) is 7.50. The molecular weight excluding hydrogens is 206 g/mol. The summed E-state index contributed by atoms with van der Waals surface area (Å²) >= 11 is 0. The molecule has 1 aromatic heterocycles. The molecule has 1 unspecified atom stereocenters. The molecule has 0 bridgehead atoms. The second-order valence-corrected chi connectivity index (χ2v) is 4.27. The van der Waals surface area contributed by atoms with E-state index in [4.69, 9.17) is 5.11 Å². The number of aliphatic carboxylic acids is 1. The van der Waals surface area contributed by atoms with E-state index in [1.807, 2.05) is 0 Å². The molecule has 1 heterocycles. The topological polar surface area (TPSA) is 67.3 Å². The molecule has 1 N–H and O–H groups in total. The van der Waals surface area contributed by atoms with Crippen LogP contribution in [0.25, 0.3) is 0 Å². The number of carbonyl (C=O) groups excluding carboxylic acids is 1. The van der Waals surface area contributed by atoms with Gasteiger partial charge in [-0.2, -0.15) is 0 Å². The minimum absolute atomic E-state index is 0.186. The molecule has 0 aliphatic carbocycles. The van der Waals surface area contributed by atoms with Crippen LogP contribution in [0.3, 0.4) is 0 Å². The van der Waals surface area contributed by atoms with Crippen LogP contribution in [0, 0.1) is 5.41 Å². The van der Waals surface area contributed by atoms with E-state index >= 15 is 0 Å². The third-order valence-electron chi connectivity index (χ3n) is 2.84. The minimum atomic E-state index is -0.982. The Balaban J connectivity index is 3.09. The number of aldehydes is 1. The average Bonchev–Trinajstić information content (AvgIpc) is 2.26. The summed E-state index contributed by atoms with van der Waals surface area (Å²) in [6.07, 6.45) is 4.17. The second-order valence-electron chi connectivity index (χ2n) is 4.27. The van der Waals surface area contributed by atoms with Gasteiger partial charge in [0.2, 0.25) is 0 Å². The first-order valence-corrected chi connectivity index (χ1v) is 5.07. The van der Waals surface area contributed by atoms with Crippen LogP contribution in [-0.4, -0.2) is 22.3 Å². The molecule has 0 aliphatic rings. The first-order valence-electron chi connectivity index (χ1n) is 5.07. The lowest BCUT2D eigenvalue weighted by atomic mass is 9.74. The second kappa shape index (κ2) is 4.88. The van der Waals surface area contributed by atoms with Crippen LogP contribution in [0.1, 0.15) is 31.7 Å². The third-order valence-corrected chi connectivity index (χ3v) is 2.84. The Labute approximate surface area is 94.3 Å². The van der Waals surface area contributed by atoms with Gasteiger partial charge in [0.05, 0.1) is 5.41 Å². The van der Waals surface area contributed by atoms with E-state index in [2.05, 4.69) is 4.98 Å². The number of aromatic nitrogens is 1. The van der Waals surface area contributed by atoms with Gasteiger partial charge in [-0.1, -0.05) is 6.07 Å². The van der Waals surface area contributed by atoms with Crippen LogP contribution in [0.5, 0.6) is 0 Å². The Morgan fingerprint density at radius 1 is 1.62 bits per heavy atom. The van der Waals surface area contributed by atoms with Gasteiger partial charge in [0.25, 0.3) is 0 Å². The Kier molecular flexibility index (Phi) is 3.77. The summed E-state index contributed by atoms with van der Waals surface area (Å²) in [7, 11) is 0. The van der Waals surface area contributed by atoms with Gasteiger partial charge in [-0.3, -0.25) is 9.78 Å². The van der Waals surface area contributed by atoms with Crippen molar-refractivity contribution >= 4 is 12.3 Å². The molecule has 4 nitrogen and oxygen atoms in total. The van der Waals surface area contributed by atoms with Crippen molar-refractivity contribution in [2.45, 2.75) is 26.2 Å². The Morgan fingerprint density at radius 2 is 2.31 bits per heavy atom. The van der Waals surface area contributed by atoms with Crippen molar-refractivity contribution in [3.8, 4) is 0 Å². The highest BCUT2D eigenvalue weighted by molar-refractivity contribution is 5.76. The van der Waals surface area contributed by atoms with E-state index in [-0.39, 0.29) is 12.3 Å². The fraction of sp³-hybridized carbons (Fsp3) is 0.417. The largest absolute Gasteiger partial charge is 0.481 e. The predicted octanol–water partition coefficient (Wildman–Crippen LogP) is 1.86. The van der Waals surface area contributed by atoms with E-state index < -0.39 is 11.4 Å². The van der Waals surface area contributed by atoms with Crippen molar-refractivity contribution in [3.63, 3.8) is 0 Å². The summed E-state index contributed by atoms with van der Waals surface area (Å²) in [6.45, 7) is 3.24. The molecule has 1 aromatic rings. The van der Waals surface area contributed by atoms with E-state index in [9.17, 15) is 9.59 Å². The molecule has 0 radical (unpaired) electrons. The summed E-state index contributed by atoms with van der Waals surface area (Å²) in [4.78, 5) is 25.8. The fourth-order valence-electron chi connectivity index (χ4n) is 1.67. The molecular formula is C12H15NO3. The van der Waals surface area contributed by atoms with Crippen LogP contribution in [0.4, 0.5) is 0 Å². The quantitative estimate of drug-likeness (QED) is 0.771. The number of carboxylic acids is 1. The van der Waals surface area contributed by atoms with E-state index in [1.165, 1.54) is 0 Å². The van der Waals surface area contributed by atoms with Gasteiger partial charge in [-0.25, -0.2) is 0 Å². The Bertz CT molecular complexity index is 373. The average molecular weight is 221 g/mol. The summed E-state index contributed by atoms with van der Waals surface area (Å²) in [5, 5.41) is 9.16. The van der Waals surface area contributed by atoms with Crippen molar-refractivity contribution < 1.29 is 14.7 Å². The van der Waals surface area contributed by atoms with Gasteiger partial charge in [0.1, 0.15) is 6.29 Å². The van der Waals surface area contributed by atoms with Crippen molar-refractivity contribution in [2.24, 2.45) is 5.41 Å². The van der Waals surface area contributed by atoms with Crippen LogP contribution >= 0.6 is 0 Å². The van der Waals surface area contributed by atoms with Gasteiger partial charge in [-0.15, -0.1) is 0 Å². The standard InChI is InChI=1S/C12H15NO3/c1-12(2,11(15)16)10(5-7-14)9-4-3-6-13-8-9/h3-4,6-8,10H,5H2,1-2H3,(H,15,16). The predicted molar refractivity (Wildman–Crippen MR) is 59.1 cm³/mol. The summed E-state index contributed by atoms with van der Waals surface area (Å²) in [5.41, 5.74) is -0.203. The molecule has 16 heavy (non-hydrogen) atoms. The van der Waals surface area contributed by atoms with E-state index in [0.29, 0.717) is 0 Å². The number of pyridine rings is 1. The minimum Gasteiger partial charge on any atom is -0.481 e. The smallest absolute Gasteiger partial charge is 0.309 e. The lowest BCUT2D eigenvalue weighted by molar-refractivity contribution is -0.148. The zero-order valence-corrected chi connectivity index (χ0v) is 9.38. The molecule has 0 aliphatic heterocycles. The van der Waals surface area contributed by atoms with Crippen LogP contribution in [-0.2, 0) is 9.59 Å². The van der Waals surface area contributed by atoms with Crippen molar-refractivity contribution in [1.29, 1.82) is 0 Å². The summed E-state index contributed by atoms with van der Waals surface area (Å²) < 4.78 is 0. The lowest BCUT2D eigenvalue weighted by Gasteiger charge is -2.29. The highest BCUT2D eigenvalue weighted by Gasteiger charge is 2.37. The fourth-order valence-corrected chi connectivity index (χ4v) is 1.67. The maximum absolute atomic E-state index is 11.2. The number of carboxylic acid groups (broad SMARTS) is 1. The van der Waals surface area contributed by atoms with Crippen molar-refractivity contribution in [1.82, 2.24) is 4.98 Å². The zero-order chi connectivity index (χ0) is 12.2. The van der Waals surface area contributed by atoms with Gasteiger partial charge in [-0.05, 0) is 25.5 Å². The third kappa shape index (κ3) is 2.45. The van der Waals surface area contributed by atoms with Crippen molar-refractivity contribution in [3.05, 3.63) is 30.1 Å². The summed E-state index contributed by atoms with van der Waals surface area (Å²) in [5.74, 6) is -1.26. The van der Waals surface area contributed by atoms with Gasteiger partial charge >= 0.3 is 5.97 Å². The Hall–Kier alpha value is -1.71. The molecule has 86 valence electrons. The highest BCUT2D eigenvalue weighted by Crippen LogP contribution is 2.37. The van der Waals surface area contributed by atoms with Crippen molar-refractivity contribution in [2.75, 3.05) is 0 Å². The number of rotatable bonds is 5. The zero-order valence-electron chi connectivity index (χ0n) is 9.38. The van der Waals surface area contributed by atoms with Crippen LogP contribution in [0.2, 0.25) is 0 Å². The number of carbonyl (C=O) groups is 2. The molecule has 4 heteroatoms. The first kappa shape index (κ1) is 12.4. The summed E-state index contributed by atoms with van der Waals surface area (Å²) in [6, 6.07) is 3.54. The molecule has 0 saturated carbocycles. The molecule has 0 amide bonds. The molecule has 0 spiro atoms. The van der Waals surface area contributed by atoms with Crippen LogP contribution < -0.4 is 0 Å².